The average Bonchev–Trinajstić information content (AvgIpc) is 2.15. The molecule has 0 aliphatic carbocycles. The first-order valence-electron chi connectivity index (χ1n) is 5.76. The lowest BCUT2D eigenvalue weighted by atomic mass is 10.0. The highest BCUT2D eigenvalue weighted by atomic mass is 32.2. The molecule has 0 aromatic rings. The van der Waals surface area contributed by atoms with Crippen LogP contribution in [0, 0.1) is 5.92 Å². The lowest BCUT2D eigenvalue weighted by Gasteiger charge is -2.32. The van der Waals surface area contributed by atoms with E-state index in [0.29, 0.717) is 0 Å². The zero-order valence-corrected chi connectivity index (χ0v) is 10.4. The Morgan fingerprint density at radius 1 is 1.57 bits per heavy atom. The van der Waals surface area contributed by atoms with Crippen LogP contribution in [-0.4, -0.2) is 42.1 Å². The van der Waals surface area contributed by atoms with Gasteiger partial charge in [-0.3, -0.25) is 0 Å². The Kier molecular flexibility index (Phi) is 5.90. The summed E-state index contributed by atoms with van der Waals surface area (Å²) >= 11 is 2.11. The molecule has 1 heterocycles. The van der Waals surface area contributed by atoms with E-state index in [4.69, 9.17) is 5.73 Å². The second kappa shape index (κ2) is 6.70. The monoisotopic (exact) mass is 216 g/mol. The molecule has 1 aliphatic heterocycles. The van der Waals surface area contributed by atoms with E-state index in [1.807, 2.05) is 0 Å². The molecule has 1 rings (SSSR count). The molecule has 0 aromatic heterocycles. The largest absolute Gasteiger partial charge is 0.330 e. The van der Waals surface area contributed by atoms with Crippen molar-refractivity contribution in [3.05, 3.63) is 0 Å². The number of nitrogens with zero attached hydrogens (tertiary/aromatic N) is 1. The third kappa shape index (κ3) is 4.67. The maximum atomic E-state index is 5.52. The molecule has 3 heteroatoms. The molecule has 2 N–H and O–H groups in total. The van der Waals surface area contributed by atoms with E-state index in [9.17, 15) is 0 Å². The maximum Gasteiger partial charge on any atom is 0.0147 e. The molecule has 0 aromatic carbocycles. The van der Waals surface area contributed by atoms with Crippen molar-refractivity contribution in [1.82, 2.24) is 4.90 Å². The van der Waals surface area contributed by atoms with E-state index in [-0.39, 0.29) is 0 Å². The molecule has 1 saturated heterocycles. The summed E-state index contributed by atoms with van der Waals surface area (Å²) < 4.78 is 0. The normalized spacial score (nSPS) is 26.4. The van der Waals surface area contributed by atoms with E-state index in [0.717, 1.165) is 17.7 Å². The van der Waals surface area contributed by atoms with Gasteiger partial charge in [0.15, 0.2) is 0 Å². The Balaban J connectivity index is 2.15. The topological polar surface area (TPSA) is 29.3 Å². The van der Waals surface area contributed by atoms with Crippen molar-refractivity contribution >= 4 is 11.8 Å². The number of nitrogens with two attached hydrogens (primary N) is 1. The second-order valence-corrected chi connectivity index (χ2v) is 6.02. The minimum Gasteiger partial charge on any atom is -0.330 e. The van der Waals surface area contributed by atoms with Crippen molar-refractivity contribution in [2.75, 3.05) is 31.9 Å². The minimum atomic E-state index is 0.814. The number of hydrogen-bond donors (Lipinski definition) is 1. The summed E-state index contributed by atoms with van der Waals surface area (Å²) in [5, 5.41) is 0.824. The van der Waals surface area contributed by atoms with Crippen molar-refractivity contribution in [3.8, 4) is 0 Å². The number of hydrogen-bond acceptors (Lipinski definition) is 3. The molecule has 0 saturated carbocycles. The summed E-state index contributed by atoms with van der Waals surface area (Å²) in [6.07, 6.45) is 2.47. The minimum absolute atomic E-state index is 0.814. The van der Waals surface area contributed by atoms with Gasteiger partial charge in [0, 0.05) is 30.6 Å². The van der Waals surface area contributed by atoms with Gasteiger partial charge in [-0.1, -0.05) is 13.8 Å². The first-order chi connectivity index (χ1) is 6.72. The lowest BCUT2D eigenvalue weighted by molar-refractivity contribution is 0.240. The number of rotatable bonds is 5. The lowest BCUT2D eigenvalue weighted by Crippen LogP contribution is -2.39. The molecular formula is C11H24N2S. The molecular weight excluding hydrogens is 192 g/mol. The molecule has 0 bridgehead atoms. The quantitative estimate of drug-likeness (QED) is 0.760. The van der Waals surface area contributed by atoms with Crippen molar-refractivity contribution in [3.63, 3.8) is 0 Å². The van der Waals surface area contributed by atoms with Crippen LogP contribution >= 0.6 is 11.8 Å². The highest BCUT2D eigenvalue weighted by Gasteiger charge is 2.17. The van der Waals surface area contributed by atoms with Gasteiger partial charge in [0.1, 0.15) is 0 Å². The first-order valence-corrected chi connectivity index (χ1v) is 6.81. The summed E-state index contributed by atoms with van der Waals surface area (Å²) in [5.41, 5.74) is 5.52. The Morgan fingerprint density at radius 3 is 3.00 bits per heavy atom. The third-order valence-electron chi connectivity index (χ3n) is 2.80. The van der Waals surface area contributed by atoms with E-state index >= 15 is 0 Å². The molecule has 84 valence electrons. The van der Waals surface area contributed by atoms with Gasteiger partial charge in [-0.2, -0.15) is 11.8 Å². The van der Waals surface area contributed by atoms with Gasteiger partial charge in [-0.25, -0.2) is 0 Å². The van der Waals surface area contributed by atoms with Gasteiger partial charge < -0.3 is 10.6 Å². The fourth-order valence-electron chi connectivity index (χ4n) is 2.05. The maximum absolute atomic E-state index is 5.52. The number of thioether (sulfide) groups is 1. The Morgan fingerprint density at radius 2 is 2.36 bits per heavy atom. The van der Waals surface area contributed by atoms with Crippen molar-refractivity contribution in [2.24, 2.45) is 11.7 Å². The Labute approximate surface area is 92.6 Å². The van der Waals surface area contributed by atoms with Crippen LogP contribution in [0.25, 0.3) is 0 Å². The van der Waals surface area contributed by atoms with Crippen LogP contribution in [0.5, 0.6) is 0 Å². The molecule has 2 unspecified atom stereocenters. The second-order valence-electron chi connectivity index (χ2n) is 4.48. The van der Waals surface area contributed by atoms with Crippen LogP contribution in [0.2, 0.25) is 0 Å². The zero-order chi connectivity index (χ0) is 10.4. The molecule has 0 radical (unpaired) electrons. The van der Waals surface area contributed by atoms with Crippen LogP contribution in [0.15, 0.2) is 0 Å². The molecule has 1 fully saturated rings. The molecule has 2 atom stereocenters. The van der Waals surface area contributed by atoms with Crippen molar-refractivity contribution in [2.45, 2.75) is 31.9 Å². The van der Waals surface area contributed by atoms with Gasteiger partial charge in [0.25, 0.3) is 0 Å². The van der Waals surface area contributed by atoms with Gasteiger partial charge in [-0.05, 0) is 25.3 Å². The summed E-state index contributed by atoms with van der Waals surface area (Å²) in [5.74, 6) is 2.12. The van der Waals surface area contributed by atoms with Crippen LogP contribution in [0.3, 0.4) is 0 Å². The molecule has 0 amide bonds. The molecule has 0 spiro atoms. The fourth-order valence-corrected chi connectivity index (χ4v) is 3.14. The smallest absolute Gasteiger partial charge is 0.0147 e. The predicted octanol–water partition coefficient (Wildman–Crippen LogP) is 1.80. The van der Waals surface area contributed by atoms with E-state index < -0.39 is 0 Å². The molecule has 14 heavy (non-hydrogen) atoms. The summed E-state index contributed by atoms with van der Waals surface area (Å²) in [6.45, 7) is 9.35. The molecule has 1 aliphatic rings. The van der Waals surface area contributed by atoms with Crippen LogP contribution in [-0.2, 0) is 0 Å². The van der Waals surface area contributed by atoms with Gasteiger partial charge >= 0.3 is 0 Å². The SMILES string of the molecule is CC(CCCN)CN1CCSC(C)C1. The highest BCUT2D eigenvalue weighted by Crippen LogP contribution is 2.19. The van der Waals surface area contributed by atoms with Crippen molar-refractivity contribution < 1.29 is 0 Å². The predicted molar refractivity (Wildman–Crippen MR) is 65.8 cm³/mol. The zero-order valence-electron chi connectivity index (χ0n) is 9.54. The summed E-state index contributed by atoms with van der Waals surface area (Å²) in [4.78, 5) is 2.61. The van der Waals surface area contributed by atoms with Crippen LogP contribution in [0.4, 0.5) is 0 Å². The van der Waals surface area contributed by atoms with Crippen LogP contribution in [0.1, 0.15) is 26.7 Å². The Hall–Kier alpha value is 0.270. The van der Waals surface area contributed by atoms with Crippen LogP contribution < -0.4 is 5.73 Å². The summed E-state index contributed by atoms with van der Waals surface area (Å²) in [7, 11) is 0. The standard InChI is InChI=1S/C11H24N2S/c1-10(4-3-5-12)8-13-6-7-14-11(2)9-13/h10-11H,3-9,12H2,1-2H3. The summed E-state index contributed by atoms with van der Waals surface area (Å²) in [6, 6.07) is 0. The molecule has 2 nitrogen and oxygen atoms in total. The Bertz CT molecular complexity index is 152. The highest BCUT2D eigenvalue weighted by molar-refractivity contribution is 7.99. The van der Waals surface area contributed by atoms with E-state index in [1.54, 1.807) is 0 Å². The van der Waals surface area contributed by atoms with E-state index in [1.165, 1.54) is 38.2 Å². The first kappa shape index (κ1) is 12.3. The fraction of sp³-hybridized carbons (Fsp3) is 1.00. The van der Waals surface area contributed by atoms with Crippen molar-refractivity contribution in [1.29, 1.82) is 0 Å². The van der Waals surface area contributed by atoms with E-state index in [2.05, 4.69) is 30.5 Å². The van der Waals surface area contributed by atoms with Gasteiger partial charge in [0.2, 0.25) is 0 Å². The van der Waals surface area contributed by atoms with Gasteiger partial charge in [0.05, 0.1) is 0 Å². The average molecular weight is 216 g/mol. The third-order valence-corrected chi connectivity index (χ3v) is 3.93. The van der Waals surface area contributed by atoms with Gasteiger partial charge in [-0.15, -0.1) is 0 Å².